The normalized spacial score (nSPS) is 31.2. The number of aliphatic hydroxyl groups excluding tert-OH is 1. The average Bonchev–Trinajstić information content (AvgIpc) is 2.43. The second-order valence-corrected chi connectivity index (χ2v) is 3.95. The van der Waals surface area contributed by atoms with E-state index in [2.05, 4.69) is 6.58 Å². The van der Waals surface area contributed by atoms with E-state index in [9.17, 15) is 5.11 Å². The van der Waals surface area contributed by atoms with Crippen LogP contribution in [0.1, 0.15) is 20.8 Å². The fourth-order valence-electron chi connectivity index (χ4n) is 1.36. The summed E-state index contributed by atoms with van der Waals surface area (Å²) in [7, 11) is 0. The van der Waals surface area contributed by atoms with Crippen molar-refractivity contribution in [2.45, 2.75) is 38.8 Å². The van der Waals surface area contributed by atoms with Crippen molar-refractivity contribution >= 4 is 0 Å². The molecular weight excluding hydrogens is 168 g/mol. The highest BCUT2D eigenvalue weighted by Crippen LogP contribution is 2.26. The molecule has 0 aromatic heterocycles. The van der Waals surface area contributed by atoms with E-state index < -0.39 is 11.9 Å². The number of hydrogen-bond donors (Lipinski definition) is 1. The van der Waals surface area contributed by atoms with Crippen LogP contribution in [0.25, 0.3) is 0 Å². The molecule has 3 heteroatoms. The highest BCUT2D eigenvalue weighted by Gasteiger charge is 2.37. The van der Waals surface area contributed by atoms with E-state index >= 15 is 0 Å². The lowest BCUT2D eigenvalue weighted by Crippen LogP contribution is -2.34. The van der Waals surface area contributed by atoms with Crippen LogP contribution in [0, 0.1) is 5.92 Å². The third-order valence-electron chi connectivity index (χ3n) is 2.32. The third kappa shape index (κ3) is 2.53. The minimum Gasteiger partial charge on any atom is -0.390 e. The van der Waals surface area contributed by atoms with Gasteiger partial charge in [0.1, 0.15) is 6.10 Å². The van der Waals surface area contributed by atoms with Crippen molar-refractivity contribution in [3.8, 4) is 0 Å². The fraction of sp³-hybridized carbons (Fsp3) is 0.800. The third-order valence-corrected chi connectivity index (χ3v) is 2.32. The van der Waals surface area contributed by atoms with E-state index in [0.29, 0.717) is 6.61 Å². The summed E-state index contributed by atoms with van der Waals surface area (Å²) in [5.41, 5.74) is 0. The summed E-state index contributed by atoms with van der Waals surface area (Å²) >= 11 is 0. The monoisotopic (exact) mass is 186 g/mol. The standard InChI is InChI=1S/C10H18O3/c1-5-7(2)9(11)8-6-12-10(3,4)13-8/h5,7-9,11H,1,6H2,2-4H3/t7-,8+,9-/m1/s1. The van der Waals surface area contributed by atoms with Gasteiger partial charge in [-0.2, -0.15) is 0 Å². The lowest BCUT2D eigenvalue weighted by atomic mass is 10.0. The van der Waals surface area contributed by atoms with Gasteiger partial charge >= 0.3 is 0 Å². The molecule has 1 aliphatic heterocycles. The first-order valence-corrected chi connectivity index (χ1v) is 4.58. The lowest BCUT2D eigenvalue weighted by molar-refractivity contribution is -0.153. The van der Waals surface area contributed by atoms with Crippen LogP contribution in [0.2, 0.25) is 0 Å². The van der Waals surface area contributed by atoms with Gasteiger partial charge in [0.25, 0.3) is 0 Å². The Hall–Kier alpha value is -0.380. The predicted molar refractivity (Wildman–Crippen MR) is 50.3 cm³/mol. The molecule has 1 fully saturated rings. The zero-order valence-electron chi connectivity index (χ0n) is 8.49. The van der Waals surface area contributed by atoms with Crippen molar-refractivity contribution in [3.05, 3.63) is 12.7 Å². The van der Waals surface area contributed by atoms with Gasteiger partial charge in [0.15, 0.2) is 5.79 Å². The maximum Gasteiger partial charge on any atom is 0.163 e. The summed E-state index contributed by atoms with van der Waals surface area (Å²) in [4.78, 5) is 0. The minimum absolute atomic E-state index is 0.0301. The van der Waals surface area contributed by atoms with Gasteiger partial charge in [0, 0.05) is 5.92 Å². The molecule has 1 saturated heterocycles. The highest BCUT2D eigenvalue weighted by atomic mass is 16.7. The van der Waals surface area contributed by atoms with Crippen LogP contribution in [0.3, 0.4) is 0 Å². The molecule has 0 radical (unpaired) electrons. The number of hydrogen-bond acceptors (Lipinski definition) is 3. The molecule has 13 heavy (non-hydrogen) atoms. The van der Waals surface area contributed by atoms with Gasteiger partial charge < -0.3 is 14.6 Å². The number of ether oxygens (including phenoxy) is 2. The fourth-order valence-corrected chi connectivity index (χ4v) is 1.36. The minimum atomic E-state index is -0.563. The first-order chi connectivity index (χ1) is 5.96. The van der Waals surface area contributed by atoms with Gasteiger partial charge in [-0.05, 0) is 13.8 Å². The Morgan fingerprint density at radius 3 is 2.62 bits per heavy atom. The molecule has 0 bridgehead atoms. The first-order valence-electron chi connectivity index (χ1n) is 4.58. The van der Waals surface area contributed by atoms with Crippen molar-refractivity contribution in [2.75, 3.05) is 6.61 Å². The van der Waals surface area contributed by atoms with Gasteiger partial charge in [-0.15, -0.1) is 6.58 Å². The van der Waals surface area contributed by atoms with Crippen molar-refractivity contribution in [2.24, 2.45) is 5.92 Å². The van der Waals surface area contributed by atoms with Gasteiger partial charge in [0.05, 0.1) is 12.7 Å². The topological polar surface area (TPSA) is 38.7 Å². The van der Waals surface area contributed by atoms with E-state index in [0.717, 1.165) is 0 Å². The average molecular weight is 186 g/mol. The smallest absolute Gasteiger partial charge is 0.163 e. The molecule has 0 aliphatic carbocycles. The van der Waals surface area contributed by atoms with Crippen LogP contribution in [-0.4, -0.2) is 29.7 Å². The molecule has 3 nitrogen and oxygen atoms in total. The largest absolute Gasteiger partial charge is 0.390 e. The van der Waals surface area contributed by atoms with Gasteiger partial charge in [-0.3, -0.25) is 0 Å². The van der Waals surface area contributed by atoms with E-state index in [4.69, 9.17) is 9.47 Å². The SMILES string of the molecule is C=C[C@@H](C)[C@@H](O)[C@@H]1COC(C)(C)O1. The molecule has 0 amide bonds. The number of rotatable bonds is 3. The predicted octanol–water partition coefficient (Wildman–Crippen LogP) is 1.32. The van der Waals surface area contributed by atoms with Crippen molar-refractivity contribution < 1.29 is 14.6 Å². The van der Waals surface area contributed by atoms with E-state index in [1.165, 1.54) is 0 Å². The summed E-state index contributed by atoms with van der Waals surface area (Å²) in [6.45, 7) is 9.68. The maximum atomic E-state index is 9.77. The molecule has 0 aromatic rings. The summed E-state index contributed by atoms with van der Waals surface area (Å²) in [5, 5.41) is 9.77. The molecule has 1 heterocycles. The van der Waals surface area contributed by atoms with Crippen LogP contribution in [0.15, 0.2) is 12.7 Å². The zero-order chi connectivity index (χ0) is 10.1. The van der Waals surface area contributed by atoms with Crippen molar-refractivity contribution in [3.63, 3.8) is 0 Å². The van der Waals surface area contributed by atoms with Crippen LogP contribution < -0.4 is 0 Å². The summed E-state index contributed by atoms with van der Waals surface area (Å²) in [6, 6.07) is 0. The first kappa shape index (κ1) is 10.7. The Labute approximate surface area is 79.3 Å². The van der Waals surface area contributed by atoms with Crippen LogP contribution in [0.5, 0.6) is 0 Å². The molecule has 0 aromatic carbocycles. The molecular formula is C10H18O3. The van der Waals surface area contributed by atoms with Gasteiger partial charge in [-0.1, -0.05) is 13.0 Å². The summed E-state index contributed by atoms with van der Waals surface area (Å²) < 4.78 is 10.9. The molecule has 0 unspecified atom stereocenters. The Morgan fingerprint density at radius 1 is 1.62 bits per heavy atom. The molecule has 1 rings (SSSR count). The van der Waals surface area contributed by atoms with E-state index in [1.54, 1.807) is 6.08 Å². The molecule has 3 atom stereocenters. The second-order valence-electron chi connectivity index (χ2n) is 3.95. The van der Waals surface area contributed by atoms with Crippen LogP contribution >= 0.6 is 0 Å². The lowest BCUT2D eigenvalue weighted by Gasteiger charge is -2.22. The summed E-state index contributed by atoms with van der Waals surface area (Å²) in [6.07, 6.45) is 0.960. The zero-order valence-corrected chi connectivity index (χ0v) is 8.49. The van der Waals surface area contributed by atoms with E-state index in [-0.39, 0.29) is 12.0 Å². The summed E-state index contributed by atoms with van der Waals surface area (Å²) in [5.74, 6) is -0.533. The molecule has 1 aliphatic rings. The highest BCUT2D eigenvalue weighted by molar-refractivity contribution is 4.88. The van der Waals surface area contributed by atoms with Crippen LogP contribution in [-0.2, 0) is 9.47 Å². The van der Waals surface area contributed by atoms with Gasteiger partial charge in [-0.25, -0.2) is 0 Å². The number of aliphatic hydroxyl groups is 1. The Balaban J connectivity index is 2.51. The Morgan fingerprint density at radius 2 is 2.23 bits per heavy atom. The van der Waals surface area contributed by atoms with Crippen LogP contribution in [0.4, 0.5) is 0 Å². The van der Waals surface area contributed by atoms with E-state index in [1.807, 2.05) is 20.8 Å². The Bertz CT molecular complexity index is 189. The quantitative estimate of drug-likeness (QED) is 0.676. The Kier molecular flexibility index (Phi) is 3.11. The maximum absolute atomic E-state index is 9.77. The van der Waals surface area contributed by atoms with Crippen molar-refractivity contribution in [1.29, 1.82) is 0 Å². The molecule has 0 spiro atoms. The molecule has 1 N–H and O–H groups in total. The molecule has 76 valence electrons. The van der Waals surface area contributed by atoms with Gasteiger partial charge in [0.2, 0.25) is 0 Å². The second kappa shape index (κ2) is 3.78. The molecule has 0 saturated carbocycles. The van der Waals surface area contributed by atoms with Crippen molar-refractivity contribution in [1.82, 2.24) is 0 Å².